The highest BCUT2D eigenvalue weighted by atomic mass is 32.1. The number of nitrogens with zero attached hydrogens (tertiary/aromatic N) is 1. The van der Waals surface area contributed by atoms with Crippen molar-refractivity contribution in [2.24, 2.45) is 5.92 Å². The van der Waals surface area contributed by atoms with E-state index in [1.807, 2.05) is 11.3 Å². The van der Waals surface area contributed by atoms with Gasteiger partial charge in [0.1, 0.15) is 0 Å². The van der Waals surface area contributed by atoms with Crippen molar-refractivity contribution in [2.45, 2.75) is 58.4 Å². The molecule has 1 heterocycles. The molecule has 0 bridgehead atoms. The molecule has 1 aliphatic rings. The molecule has 96 valence electrons. The van der Waals surface area contributed by atoms with E-state index in [4.69, 9.17) is 4.98 Å². The van der Waals surface area contributed by atoms with Gasteiger partial charge in [-0.15, -0.1) is 11.3 Å². The third-order valence-corrected chi connectivity index (χ3v) is 4.75. The Hall–Kier alpha value is -0.410. The van der Waals surface area contributed by atoms with Gasteiger partial charge in [0.15, 0.2) is 0 Å². The van der Waals surface area contributed by atoms with Crippen molar-refractivity contribution >= 4 is 11.3 Å². The summed E-state index contributed by atoms with van der Waals surface area (Å²) in [5.74, 6) is 1.63. The lowest BCUT2D eigenvalue weighted by molar-refractivity contribution is 0.556. The Morgan fingerprint density at radius 2 is 2.35 bits per heavy atom. The number of rotatable bonds is 5. The lowest BCUT2D eigenvalue weighted by atomic mass is 10.1. The van der Waals surface area contributed by atoms with Crippen LogP contribution < -0.4 is 5.32 Å². The summed E-state index contributed by atoms with van der Waals surface area (Å²) in [4.78, 5) is 4.84. The highest BCUT2D eigenvalue weighted by Gasteiger charge is 2.25. The van der Waals surface area contributed by atoms with E-state index in [0.717, 1.165) is 18.4 Å². The van der Waals surface area contributed by atoms with Crippen molar-refractivity contribution < 1.29 is 0 Å². The Kier molecular flexibility index (Phi) is 4.57. The van der Waals surface area contributed by atoms with Crippen molar-refractivity contribution in [3.63, 3.8) is 0 Å². The Morgan fingerprint density at radius 1 is 1.53 bits per heavy atom. The van der Waals surface area contributed by atoms with E-state index in [2.05, 4.69) is 31.5 Å². The van der Waals surface area contributed by atoms with Crippen molar-refractivity contribution in [3.05, 3.63) is 16.1 Å². The van der Waals surface area contributed by atoms with Crippen molar-refractivity contribution in [2.75, 3.05) is 6.54 Å². The van der Waals surface area contributed by atoms with Crippen molar-refractivity contribution in [1.29, 1.82) is 0 Å². The van der Waals surface area contributed by atoms with E-state index in [1.54, 1.807) is 0 Å². The van der Waals surface area contributed by atoms with Crippen molar-refractivity contribution in [3.8, 4) is 0 Å². The van der Waals surface area contributed by atoms with E-state index in [0.29, 0.717) is 6.04 Å². The van der Waals surface area contributed by atoms with Gasteiger partial charge in [0.05, 0.1) is 10.7 Å². The maximum absolute atomic E-state index is 4.84. The zero-order valence-corrected chi connectivity index (χ0v) is 12.0. The molecule has 0 amide bonds. The van der Waals surface area contributed by atoms with E-state index in [9.17, 15) is 0 Å². The smallest absolute Gasteiger partial charge is 0.0960 e. The minimum absolute atomic E-state index is 0.402. The lowest BCUT2D eigenvalue weighted by Crippen LogP contribution is -2.19. The van der Waals surface area contributed by atoms with Crippen molar-refractivity contribution in [1.82, 2.24) is 10.3 Å². The molecule has 0 radical (unpaired) electrons. The van der Waals surface area contributed by atoms with Gasteiger partial charge >= 0.3 is 0 Å². The number of thiazole rings is 1. The molecule has 2 rings (SSSR count). The fraction of sp³-hybridized carbons (Fsp3) is 0.786. The summed E-state index contributed by atoms with van der Waals surface area (Å²) in [5, 5.41) is 7.12. The second kappa shape index (κ2) is 5.96. The standard InChI is InChI=1S/C14H24N2S/c1-4-7-15-11(3)13-9-17-14(16-13)12-6-5-10(2)8-12/h9-12,15H,4-8H2,1-3H3. The third-order valence-electron chi connectivity index (χ3n) is 3.73. The van der Waals surface area contributed by atoms with E-state index < -0.39 is 0 Å². The van der Waals surface area contributed by atoms with Gasteiger partial charge in [-0.05, 0) is 38.6 Å². The first-order valence-corrected chi connectivity index (χ1v) is 7.77. The third kappa shape index (κ3) is 3.29. The summed E-state index contributed by atoms with van der Waals surface area (Å²) in [6.07, 6.45) is 5.24. The Labute approximate surface area is 109 Å². The summed E-state index contributed by atoms with van der Waals surface area (Å²) in [5.41, 5.74) is 1.23. The summed E-state index contributed by atoms with van der Waals surface area (Å²) in [6.45, 7) is 7.85. The maximum Gasteiger partial charge on any atom is 0.0960 e. The highest BCUT2D eigenvalue weighted by molar-refractivity contribution is 7.09. The Balaban J connectivity index is 1.95. The monoisotopic (exact) mass is 252 g/mol. The van der Waals surface area contributed by atoms with Crippen LogP contribution >= 0.6 is 11.3 Å². The molecule has 1 fully saturated rings. The minimum Gasteiger partial charge on any atom is -0.309 e. The fourth-order valence-corrected chi connectivity index (χ4v) is 3.65. The molecular formula is C14H24N2S. The van der Waals surface area contributed by atoms with Crippen LogP contribution in [0, 0.1) is 5.92 Å². The van der Waals surface area contributed by atoms with Crippen LogP contribution in [0.2, 0.25) is 0 Å². The average molecular weight is 252 g/mol. The van der Waals surface area contributed by atoms with Crippen LogP contribution in [0.25, 0.3) is 0 Å². The molecule has 3 unspecified atom stereocenters. The molecule has 0 saturated heterocycles. The maximum atomic E-state index is 4.84. The van der Waals surface area contributed by atoms with Gasteiger partial charge in [0.25, 0.3) is 0 Å². The molecule has 1 aliphatic carbocycles. The summed E-state index contributed by atoms with van der Waals surface area (Å²) >= 11 is 1.86. The first kappa shape index (κ1) is 13.0. The van der Waals surface area contributed by atoms with Gasteiger partial charge in [-0.3, -0.25) is 0 Å². The average Bonchev–Trinajstić information content (AvgIpc) is 2.93. The molecular weight excluding hydrogens is 228 g/mol. The van der Waals surface area contributed by atoms with Gasteiger partial charge in [-0.1, -0.05) is 20.3 Å². The minimum atomic E-state index is 0.402. The number of hydrogen-bond acceptors (Lipinski definition) is 3. The van der Waals surface area contributed by atoms with Crippen LogP contribution in [-0.4, -0.2) is 11.5 Å². The number of hydrogen-bond donors (Lipinski definition) is 1. The van der Waals surface area contributed by atoms with E-state index in [-0.39, 0.29) is 0 Å². The molecule has 2 nitrogen and oxygen atoms in total. The predicted octanol–water partition coefficient (Wildman–Crippen LogP) is 4.11. The van der Waals surface area contributed by atoms with Gasteiger partial charge < -0.3 is 5.32 Å². The first-order valence-electron chi connectivity index (χ1n) is 6.89. The van der Waals surface area contributed by atoms with Gasteiger partial charge in [0, 0.05) is 17.3 Å². The molecule has 3 atom stereocenters. The topological polar surface area (TPSA) is 24.9 Å². The summed E-state index contributed by atoms with van der Waals surface area (Å²) < 4.78 is 0. The van der Waals surface area contributed by atoms with E-state index in [1.165, 1.54) is 36.4 Å². The number of nitrogens with one attached hydrogen (secondary N) is 1. The SMILES string of the molecule is CCCNC(C)c1csc(C2CCC(C)C2)n1. The van der Waals surface area contributed by atoms with E-state index >= 15 is 0 Å². The largest absolute Gasteiger partial charge is 0.309 e. The van der Waals surface area contributed by atoms with Crippen LogP contribution in [0.1, 0.15) is 69.1 Å². The Bertz CT molecular complexity index is 348. The summed E-state index contributed by atoms with van der Waals surface area (Å²) in [6, 6.07) is 0.402. The molecule has 17 heavy (non-hydrogen) atoms. The fourth-order valence-electron chi connectivity index (χ4n) is 2.58. The molecule has 0 aromatic carbocycles. The second-order valence-electron chi connectivity index (χ2n) is 5.40. The first-order chi connectivity index (χ1) is 8.20. The molecule has 1 N–H and O–H groups in total. The molecule has 0 spiro atoms. The second-order valence-corrected chi connectivity index (χ2v) is 6.29. The molecule has 3 heteroatoms. The van der Waals surface area contributed by atoms with Crippen LogP contribution in [0.4, 0.5) is 0 Å². The number of aromatic nitrogens is 1. The van der Waals surface area contributed by atoms with Gasteiger partial charge in [-0.25, -0.2) is 4.98 Å². The van der Waals surface area contributed by atoms with Crippen LogP contribution in [0.3, 0.4) is 0 Å². The normalized spacial score (nSPS) is 26.3. The van der Waals surface area contributed by atoms with Gasteiger partial charge in [-0.2, -0.15) is 0 Å². The quantitative estimate of drug-likeness (QED) is 0.853. The molecule has 1 aromatic heterocycles. The van der Waals surface area contributed by atoms with Crippen LogP contribution in [0.15, 0.2) is 5.38 Å². The molecule has 1 aromatic rings. The molecule has 1 saturated carbocycles. The lowest BCUT2D eigenvalue weighted by Gasteiger charge is -2.10. The highest BCUT2D eigenvalue weighted by Crippen LogP contribution is 2.39. The predicted molar refractivity (Wildman–Crippen MR) is 74.6 cm³/mol. The zero-order valence-electron chi connectivity index (χ0n) is 11.2. The molecule has 0 aliphatic heterocycles. The Morgan fingerprint density at radius 3 is 3.00 bits per heavy atom. The van der Waals surface area contributed by atoms with Crippen LogP contribution in [-0.2, 0) is 0 Å². The summed E-state index contributed by atoms with van der Waals surface area (Å²) in [7, 11) is 0. The van der Waals surface area contributed by atoms with Crippen LogP contribution in [0.5, 0.6) is 0 Å². The van der Waals surface area contributed by atoms with Gasteiger partial charge in [0.2, 0.25) is 0 Å². The zero-order chi connectivity index (χ0) is 12.3.